The number of carbonyl (C=O) groups is 3. The summed E-state index contributed by atoms with van der Waals surface area (Å²) in [6.45, 7) is 1.89. The van der Waals surface area contributed by atoms with E-state index in [9.17, 15) is 23.9 Å². The fraction of sp³-hybridized carbons (Fsp3) is 0.121. The molecule has 3 amide bonds. The molecular weight excluding hydrogens is 569 g/mol. The zero-order valence-corrected chi connectivity index (χ0v) is 24.3. The van der Waals surface area contributed by atoms with E-state index in [-0.39, 0.29) is 17.4 Å². The average molecular weight is 600 g/mol. The van der Waals surface area contributed by atoms with Gasteiger partial charge in [-0.1, -0.05) is 31.2 Å². The van der Waals surface area contributed by atoms with Crippen LogP contribution in [-0.4, -0.2) is 35.2 Å². The fourth-order valence-corrected chi connectivity index (χ4v) is 5.02. The van der Waals surface area contributed by atoms with E-state index >= 15 is 0 Å². The van der Waals surface area contributed by atoms with Gasteiger partial charge in [0.15, 0.2) is 0 Å². The molecule has 0 aliphatic rings. The lowest BCUT2D eigenvalue weighted by molar-refractivity contribution is -0.116. The van der Waals surface area contributed by atoms with E-state index in [4.69, 9.17) is 4.74 Å². The maximum Gasteiger partial charge on any atom is 0.272 e. The first kappa shape index (κ1) is 30.9. The number of thioether (sulfide) groups is 1. The Balaban J connectivity index is 1.53. The number of nitrogens with one attached hydrogen (secondary N) is 3. The third kappa shape index (κ3) is 8.70. The molecule has 8 nitrogen and oxygen atoms in total. The van der Waals surface area contributed by atoms with Crippen LogP contribution in [-0.2, 0) is 9.59 Å². The molecule has 220 valence electrons. The SMILES string of the molecule is CCC(Sc1cccc(NC(=O)/C(=C\c2ccc(O)cc2OC)NC(=O)c2ccccc2)c1)C(=O)Nc1ccc(F)cc1. The number of methoxy groups -OCH3 is 1. The topological polar surface area (TPSA) is 117 Å². The lowest BCUT2D eigenvalue weighted by Crippen LogP contribution is -2.30. The first-order valence-electron chi connectivity index (χ1n) is 13.3. The maximum absolute atomic E-state index is 13.5. The summed E-state index contributed by atoms with van der Waals surface area (Å²) in [7, 11) is 1.43. The summed E-state index contributed by atoms with van der Waals surface area (Å²) in [6.07, 6.45) is 1.99. The first-order valence-corrected chi connectivity index (χ1v) is 14.2. The Kier molecular flexibility index (Phi) is 10.5. The van der Waals surface area contributed by atoms with Crippen LogP contribution in [0.3, 0.4) is 0 Å². The molecule has 0 heterocycles. The van der Waals surface area contributed by atoms with Gasteiger partial charge in [-0.3, -0.25) is 14.4 Å². The number of carbonyl (C=O) groups excluding carboxylic acids is 3. The normalized spacial score (nSPS) is 11.7. The third-order valence-electron chi connectivity index (χ3n) is 6.19. The minimum Gasteiger partial charge on any atom is -0.508 e. The molecule has 0 bridgehead atoms. The van der Waals surface area contributed by atoms with Gasteiger partial charge in [-0.2, -0.15) is 0 Å². The molecule has 4 rings (SSSR count). The second kappa shape index (κ2) is 14.7. The Labute approximate surface area is 253 Å². The molecule has 0 saturated heterocycles. The number of anilines is 2. The van der Waals surface area contributed by atoms with Gasteiger partial charge in [-0.05, 0) is 79.2 Å². The summed E-state index contributed by atoms with van der Waals surface area (Å²) in [6, 6.07) is 25.4. The molecule has 0 fully saturated rings. The number of halogens is 1. The zero-order valence-electron chi connectivity index (χ0n) is 23.5. The Hall–Kier alpha value is -5.09. The molecule has 0 radical (unpaired) electrons. The molecule has 0 aliphatic carbocycles. The standard InChI is InChI=1S/C33H30FN3O5S/c1-3-30(33(41)35-24-15-13-23(34)14-16-24)43-27-11-7-10-25(19-27)36-32(40)28(37-31(39)21-8-5-4-6-9-21)18-22-12-17-26(38)20-29(22)42-2/h4-20,30,38H,3H2,1-2H3,(H,35,41)(H,36,40)(H,37,39)/b28-18+. The van der Waals surface area contributed by atoms with Gasteiger partial charge in [0.2, 0.25) is 5.91 Å². The summed E-state index contributed by atoms with van der Waals surface area (Å²) >= 11 is 1.32. The molecular formula is C33H30FN3O5S. The van der Waals surface area contributed by atoms with E-state index < -0.39 is 22.9 Å². The highest BCUT2D eigenvalue weighted by Gasteiger charge is 2.20. The van der Waals surface area contributed by atoms with Crippen molar-refractivity contribution < 1.29 is 28.6 Å². The van der Waals surface area contributed by atoms with Crippen molar-refractivity contribution in [1.82, 2.24) is 5.32 Å². The molecule has 1 unspecified atom stereocenters. The Morgan fingerprint density at radius 2 is 1.65 bits per heavy atom. The van der Waals surface area contributed by atoms with E-state index in [0.29, 0.717) is 34.7 Å². The first-order chi connectivity index (χ1) is 20.7. The van der Waals surface area contributed by atoms with Crippen molar-refractivity contribution in [3.05, 3.63) is 120 Å². The minimum atomic E-state index is -0.595. The van der Waals surface area contributed by atoms with Crippen LogP contribution in [0.15, 0.2) is 108 Å². The highest BCUT2D eigenvalue weighted by molar-refractivity contribution is 8.00. The smallest absolute Gasteiger partial charge is 0.272 e. The number of hydrogen-bond donors (Lipinski definition) is 4. The quantitative estimate of drug-likeness (QED) is 0.116. The van der Waals surface area contributed by atoms with Crippen LogP contribution >= 0.6 is 11.8 Å². The minimum absolute atomic E-state index is 0.0145. The van der Waals surface area contributed by atoms with Gasteiger partial charge in [0.25, 0.3) is 11.8 Å². The van der Waals surface area contributed by atoms with Crippen LogP contribution in [0.2, 0.25) is 0 Å². The van der Waals surface area contributed by atoms with Crippen LogP contribution in [0.4, 0.5) is 15.8 Å². The number of amides is 3. The third-order valence-corrected chi connectivity index (χ3v) is 7.55. The summed E-state index contributed by atoms with van der Waals surface area (Å²) in [4.78, 5) is 40.1. The number of ether oxygens (including phenoxy) is 1. The molecule has 4 aromatic rings. The van der Waals surface area contributed by atoms with Gasteiger partial charge >= 0.3 is 0 Å². The molecule has 4 aromatic carbocycles. The summed E-state index contributed by atoms with van der Waals surface area (Å²) < 4.78 is 18.6. The lowest BCUT2D eigenvalue weighted by atomic mass is 10.1. The summed E-state index contributed by atoms with van der Waals surface area (Å²) in [5.41, 5.74) is 1.71. The number of hydrogen-bond acceptors (Lipinski definition) is 6. The van der Waals surface area contributed by atoms with Crippen molar-refractivity contribution in [3.8, 4) is 11.5 Å². The molecule has 0 aliphatic heterocycles. The van der Waals surface area contributed by atoms with E-state index in [0.717, 1.165) is 4.90 Å². The van der Waals surface area contributed by atoms with Crippen molar-refractivity contribution in [2.45, 2.75) is 23.5 Å². The van der Waals surface area contributed by atoms with Crippen molar-refractivity contribution >= 4 is 46.9 Å². The number of benzene rings is 4. The predicted molar refractivity (Wildman–Crippen MR) is 167 cm³/mol. The van der Waals surface area contributed by atoms with E-state index in [2.05, 4.69) is 16.0 Å². The van der Waals surface area contributed by atoms with Crippen molar-refractivity contribution in [3.63, 3.8) is 0 Å². The van der Waals surface area contributed by atoms with Crippen LogP contribution in [0.5, 0.6) is 11.5 Å². The monoisotopic (exact) mass is 599 g/mol. The van der Waals surface area contributed by atoms with Gasteiger partial charge in [0.05, 0.1) is 12.4 Å². The Morgan fingerprint density at radius 1 is 0.907 bits per heavy atom. The van der Waals surface area contributed by atoms with E-state index in [1.165, 1.54) is 61.3 Å². The molecule has 0 aromatic heterocycles. The van der Waals surface area contributed by atoms with Gasteiger partial charge in [-0.25, -0.2) is 4.39 Å². The molecule has 4 N–H and O–H groups in total. The zero-order chi connectivity index (χ0) is 30.8. The highest BCUT2D eigenvalue weighted by atomic mass is 32.2. The Morgan fingerprint density at radius 3 is 2.35 bits per heavy atom. The van der Waals surface area contributed by atoms with Gasteiger partial charge < -0.3 is 25.8 Å². The largest absolute Gasteiger partial charge is 0.508 e. The van der Waals surface area contributed by atoms with E-state index in [1.807, 2.05) is 13.0 Å². The maximum atomic E-state index is 13.5. The number of rotatable bonds is 11. The van der Waals surface area contributed by atoms with Crippen LogP contribution in [0.25, 0.3) is 6.08 Å². The Bertz CT molecular complexity index is 1630. The number of phenols is 1. The molecule has 0 spiro atoms. The second-order valence-corrected chi connectivity index (χ2v) is 10.6. The fourth-order valence-electron chi connectivity index (χ4n) is 4.01. The molecule has 43 heavy (non-hydrogen) atoms. The van der Waals surface area contributed by atoms with Crippen LogP contribution < -0.4 is 20.7 Å². The van der Waals surface area contributed by atoms with Crippen molar-refractivity contribution in [2.24, 2.45) is 0 Å². The van der Waals surface area contributed by atoms with Crippen LogP contribution in [0.1, 0.15) is 29.3 Å². The number of aromatic hydroxyl groups is 1. The van der Waals surface area contributed by atoms with Crippen molar-refractivity contribution in [2.75, 3.05) is 17.7 Å². The molecule has 0 saturated carbocycles. The predicted octanol–water partition coefficient (Wildman–Crippen LogP) is 6.46. The number of phenolic OH excluding ortho intramolecular Hbond substituents is 1. The second-order valence-electron chi connectivity index (χ2n) is 9.30. The van der Waals surface area contributed by atoms with Gasteiger partial charge in [0.1, 0.15) is 23.0 Å². The highest BCUT2D eigenvalue weighted by Crippen LogP contribution is 2.29. The van der Waals surface area contributed by atoms with Gasteiger partial charge in [0, 0.05) is 33.5 Å². The summed E-state index contributed by atoms with van der Waals surface area (Å²) in [5.74, 6) is -1.41. The van der Waals surface area contributed by atoms with Gasteiger partial charge in [-0.15, -0.1) is 11.8 Å². The lowest BCUT2D eigenvalue weighted by Gasteiger charge is -2.16. The molecule has 1 atom stereocenters. The van der Waals surface area contributed by atoms with Crippen molar-refractivity contribution in [1.29, 1.82) is 0 Å². The molecule has 10 heteroatoms. The van der Waals surface area contributed by atoms with E-state index in [1.54, 1.807) is 54.6 Å². The van der Waals surface area contributed by atoms with Crippen LogP contribution in [0, 0.1) is 5.82 Å². The summed E-state index contributed by atoms with van der Waals surface area (Å²) in [5, 5.41) is 17.7. The average Bonchev–Trinajstić information content (AvgIpc) is 3.01.